The molecule has 1 amide bonds. The largest absolute Gasteiger partial charge is 0.496 e. The number of hydrogen-bond acceptors (Lipinski definition) is 7. The third kappa shape index (κ3) is 4.83. The van der Waals surface area contributed by atoms with Crippen LogP contribution in [0.1, 0.15) is 29.1 Å². The topological polar surface area (TPSA) is 138 Å². The Hall–Kier alpha value is -2.85. The zero-order valence-corrected chi connectivity index (χ0v) is 14.9. The van der Waals surface area contributed by atoms with E-state index in [1.165, 1.54) is 7.11 Å². The lowest BCUT2D eigenvalue weighted by Gasteiger charge is -2.17. The number of nitrogens with two attached hydrogens (primary N) is 1. The number of nitrogens with one attached hydrogen (secondary N) is 1. The molecule has 1 atom stereocenters. The zero-order valence-electron chi connectivity index (χ0n) is 14.1. The maximum Gasteiger partial charge on any atom is 0.374 e. The van der Waals surface area contributed by atoms with Crippen LogP contribution in [-0.4, -0.2) is 34.0 Å². The highest BCUT2D eigenvalue weighted by molar-refractivity contribution is 7.89. The van der Waals surface area contributed by atoms with Crippen molar-refractivity contribution in [3.8, 4) is 5.75 Å². The van der Waals surface area contributed by atoms with Crippen molar-refractivity contribution in [2.24, 2.45) is 5.14 Å². The summed E-state index contributed by atoms with van der Waals surface area (Å²) in [6, 6.07) is 8.91. The highest BCUT2D eigenvalue weighted by atomic mass is 32.2. The molecule has 0 bridgehead atoms. The predicted molar refractivity (Wildman–Crippen MR) is 89.9 cm³/mol. The monoisotopic (exact) mass is 382 g/mol. The number of methoxy groups -OCH3 is 1. The molecule has 0 spiro atoms. The molecule has 1 aromatic carbocycles. The van der Waals surface area contributed by atoms with E-state index >= 15 is 0 Å². The smallest absolute Gasteiger partial charge is 0.374 e. The van der Waals surface area contributed by atoms with Crippen LogP contribution in [0.25, 0.3) is 0 Å². The van der Waals surface area contributed by atoms with Crippen molar-refractivity contribution in [2.75, 3.05) is 13.7 Å². The minimum Gasteiger partial charge on any atom is -0.496 e. The molecule has 0 aliphatic rings. The summed E-state index contributed by atoms with van der Waals surface area (Å²) in [6.07, 6.45) is 0. The summed E-state index contributed by atoms with van der Waals surface area (Å²) in [6.45, 7) is 1.19. The number of esters is 1. The lowest BCUT2D eigenvalue weighted by atomic mass is 10.1. The molecule has 26 heavy (non-hydrogen) atoms. The Morgan fingerprint density at radius 3 is 2.54 bits per heavy atom. The maximum absolute atomic E-state index is 12.0. The third-order valence-corrected chi connectivity index (χ3v) is 4.16. The molecule has 9 nitrogen and oxygen atoms in total. The van der Waals surface area contributed by atoms with Gasteiger partial charge in [-0.15, -0.1) is 0 Å². The molecule has 140 valence electrons. The minimum atomic E-state index is -4.07. The van der Waals surface area contributed by atoms with Crippen molar-refractivity contribution in [2.45, 2.75) is 18.1 Å². The summed E-state index contributed by atoms with van der Waals surface area (Å²) >= 11 is 0. The van der Waals surface area contributed by atoms with E-state index in [1.807, 2.05) is 0 Å². The maximum atomic E-state index is 12.0. The van der Waals surface area contributed by atoms with Crippen LogP contribution in [0.2, 0.25) is 0 Å². The van der Waals surface area contributed by atoms with Crippen molar-refractivity contribution in [1.29, 1.82) is 0 Å². The van der Waals surface area contributed by atoms with Gasteiger partial charge in [0.15, 0.2) is 6.61 Å². The van der Waals surface area contributed by atoms with Gasteiger partial charge in [-0.25, -0.2) is 18.4 Å². The summed E-state index contributed by atoms with van der Waals surface area (Å²) in [5.74, 6) is -1.29. The number of rotatable bonds is 7. The van der Waals surface area contributed by atoms with Crippen molar-refractivity contribution < 1.29 is 31.9 Å². The van der Waals surface area contributed by atoms with Gasteiger partial charge in [-0.05, 0) is 25.1 Å². The van der Waals surface area contributed by atoms with Gasteiger partial charge < -0.3 is 19.2 Å². The van der Waals surface area contributed by atoms with Crippen LogP contribution in [0, 0.1) is 0 Å². The Morgan fingerprint density at radius 2 is 1.92 bits per heavy atom. The molecule has 0 aliphatic carbocycles. The van der Waals surface area contributed by atoms with Crippen LogP contribution in [0.5, 0.6) is 5.75 Å². The molecule has 2 rings (SSSR count). The second-order valence-electron chi connectivity index (χ2n) is 5.27. The fraction of sp³-hybridized carbons (Fsp3) is 0.250. The summed E-state index contributed by atoms with van der Waals surface area (Å²) in [4.78, 5) is 23.7. The summed E-state index contributed by atoms with van der Waals surface area (Å²) in [5.41, 5.74) is 0.763. The molecule has 1 heterocycles. The van der Waals surface area contributed by atoms with Crippen LogP contribution >= 0.6 is 0 Å². The van der Waals surface area contributed by atoms with Gasteiger partial charge in [0.1, 0.15) is 5.75 Å². The van der Waals surface area contributed by atoms with Crippen LogP contribution in [0.3, 0.4) is 0 Å². The van der Waals surface area contributed by atoms with Crippen LogP contribution < -0.4 is 15.2 Å². The Balaban J connectivity index is 1.92. The van der Waals surface area contributed by atoms with E-state index in [-0.39, 0.29) is 11.8 Å². The van der Waals surface area contributed by atoms with E-state index in [1.54, 1.807) is 31.2 Å². The standard InChI is InChI=1S/C16H18N2O7S/c1-10(11-5-3-4-6-12(11)23-2)18-14(19)9-24-16(20)13-7-8-15(25-13)26(17,21)22/h3-8,10H,9H2,1-2H3,(H,18,19)(H2,17,21,22). The average Bonchev–Trinajstić information content (AvgIpc) is 3.10. The van der Waals surface area contributed by atoms with Gasteiger partial charge in [0, 0.05) is 5.56 Å². The molecule has 2 aromatic rings. The molecule has 0 aliphatic heterocycles. The number of ether oxygens (including phenoxy) is 2. The fourth-order valence-electron chi connectivity index (χ4n) is 2.17. The van der Waals surface area contributed by atoms with Crippen LogP contribution in [0.4, 0.5) is 0 Å². The molecule has 10 heteroatoms. The quantitative estimate of drug-likeness (QED) is 0.680. The van der Waals surface area contributed by atoms with E-state index in [0.29, 0.717) is 5.75 Å². The highest BCUT2D eigenvalue weighted by Crippen LogP contribution is 2.24. The lowest BCUT2D eigenvalue weighted by Crippen LogP contribution is -2.31. The van der Waals surface area contributed by atoms with Gasteiger partial charge in [-0.3, -0.25) is 4.79 Å². The molecule has 0 saturated carbocycles. The van der Waals surface area contributed by atoms with Gasteiger partial charge in [0.2, 0.25) is 10.9 Å². The number of furan rings is 1. The molecule has 3 N–H and O–H groups in total. The van der Waals surface area contributed by atoms with Gasteiger partial charge in [-0.1, -0.05) is 18.2 Å². The van der Waals surface area contributed by atoms with Crippen molar-refractivity contribution >= 4 is 21.9 Å². The van der Waals surface area contributed by atoms with Gasteiger partial charge in [0.05, 0.1) is 13.2 Å². The predicted octanol–water partition coefficient (Wildman–Crippen LogP) is 0.970. The van der Waals surface area contributed by atoms with Crippen molar-refractivity contribution in [3.05, 3.63) is 47.7 Å². The highest BCUT2D eigenvalue weighted by Gasteiger charge is 2.20. The number of carbonyl (C=O) groups is 2. The summed E-state index contributed by atoms with van der Waals surface area (Å²) in [7, 11) is -2.54. The van der Waals surface area contributed by atoms with Crippen LogP contribution in [0.15, 0.2) is 45.9 Å². The zero-order chi connectivity index (χ0) is 19.3. The second kappa shape index (κ2) is 8.02. The summed E-state index contributed by atoms with van der Waals surface area (Å²) < 4.78 is 37.0. The second-order valence-corrected chi connectivity index (χ2v) is 6.76. The van der Waals surface area contributed by atoms with Crippen molar-refractivity contribution in [3.63, 3.8) is 0 Å². The fourth-order valence-corrected chi connectivity index (χ4v) is 2.63. The van der Waals surface area contributed by atoms with E-state index in [9.17, 15) is 18.0 Å². The average molecular weight is 382 g/mol. The minimum absolute atomic E-state index is 0.375. The number of sulfonamides is 1. The van der Waals surface area contributed by atoms with Gasteiger partial charge in [-0.2, -0.15) is 0 Å². The number of para-hydroxylation sites is 1. The normalized spacial score (nSPS) is 12.3. The molecule has 0 radical (unpaired) electrons. The van der Waals surface area contributed by atoms with E-state index in [2.05, 4.69) is 5.32 Å². The molecule has 1 aromatic heterocycles. The molecular formula is C16H18N2O7S. The Morgan fingerprint density at radius 1 is 1.23 bits per heavy atom. The summed E-state index contributed by atoms with van der Waals surface area (Å²) in [5, 5.41) is 6.97. The van der Waals surface area contributed by atoms with Crippen LogP contribution in [-0.2, 0) is 19.6 Å². The first-order chi connectivity index (χ1) is 12.2. The van der Waals surface area contributed by atoms with Gasteiger partial charge >= 0.3 is 5.97 Å². The van der Waals surface area contributed by atoms with Crippen molar-refractivity contribution in [1.82, 2.24) is 5.32 Å². The number of benzene rings is 1. The van der Waals surface area contributed by atoms with Gasteiger partial charge in [0.25, 0.3) is 15.9 Å². The first-order valence-electron chi connectivity index (χ1n) is 7.44. The Kier molecular flexibility index (Phi) is 6.01. The number of amides is 1. The van der Waals surface area contributed by atoms with E-state index in [0.717, 1.165) is 17.7 Å². The molecule has 0 fully saturated rings. The lowest BCUT2D eigenvalue weighted by molar-refractivity contribution is -0.124. The Labute approximate surface area is 150 Å². The number of carbonyl (C=O) groups excluding carboxylic acids is 2. The molecule has 0 saturated heterocycles. The molecular weight excluding hydrogens is 364 g/mol. The third-order valence-electron chi connectivity index (χ3n) is 3.38. The first-order valence-corrected chi connectivity index (χ1v) is 8.99. The Bertz CT molecular complexity index is 905. The number of primary sulfonamides is 1. The van der Waals surface area contributed by atoms with E-state index in [4.69, 9.17) is 19.0 Å². The SMILES string of the molecule is COc1ccccc1C(C)NC(=O)COC(=O)c1ccc(S(N)(=O)=O)o1. The first kappa shape index (κ1) is 19.5. The number of hydrogen-bond donors (Lipinski definition) is 2. The van der Waals surface area contributed by atoms with E-state index < -0.39 is 33.6 Å². The molecule has 1 unspecified atom stereocenters.